The number of hydrogen-bond acceptors (Lipinski definition) is 4. The maximum absolute atomic E-state index is 12.3. The molecule has 6 heteroatoms. The summed E-state index contributed by atoms with van der Waals surface area (Å²) in [6.07, 6.45) is 0.881. The summed E-state index contributed by atoms with van der Waals surface area (Å²) < 4.78 is 0. The van der Waals surface area contributed by atoms with Crippen molar-refractivity contribution in [1.82, 2.24) is 20.5 Å². The van der Waals surface area contributed by atoms with Crippen molar-refractivity contribution in [2.75, 3.05) is 18.4 Å². The topological polar surface area (TPSA) is 82.7 Å². The average Bonchev–Trinajstić information content (AvgIpc) is 3.19. The highest BCUT2D eigenvalue weighted by atomic mass is 16.1. The molecule has 0 saturated carbocycles. The Balaban J connectivity index is 1.84. The lowest BCUT2D eigenvalue weighted by molar-refractivity contribution is -0.119. The predicted molar refractivity (Wildman–Crippen MR) is 85.5 cm³/mol. The third kappa shape index (κ3) is 3.01. The number of H-pyrrole nitrogens is 1. The van der Waals surface area contributed by atoms with Crippen molar-refractivity contribution in [1.29, 1.82) is 0 Å². The molecular formula is C16H21N5O. The van der Waals surface area contributed by atoms with E-state index < -0.39 is 0 Å². The highest BCUT2D eigenvalue weighted by Gasteiger charge is 2.23. The standard InChI is InChI=1S/C16H21N5O/c1-10(2)14-19-15(21-20-14)12-5-3-4-6-13(12)18-16(22)11-7-8-17-9-11/h3-6,10-11,17H,7-9H2,1-2H3,(H,18,22)(H,19,20,21). The highest BCUT2D eigenvalue weighted by Crippen LogP contribution is 2.26. The first-order valence-corrected chi connectivity index (χ1v) is 7.68. The molecule has 2 heterocycles. The fraction of sp³-hybridized carbons (Fsp3) is 0.438. The van der Waals surface area contributed by atoms with Crippen molar-refractivity contribution >= 4 is 11.6 Å². The molecule has 6 nitrogen and oxygen atoms in total. The molecule has 1 aromatic heterocycles. The summed E-state index contributed by atoms with van der Waals surface area (Å²) in [5.41, 5.74) is 1.60. The van der Waals surface area contributed by atoms with Gasteiger partial charge in [0, 0.05) is 18.0 Å². The van der Waals surface area contributed by atoms with Gasteiger partial charge in [0.1, 0.15) is 5.82 Å². The second-order valence-electron chi connectivity index (χ2n) is 5.92. The van der Waals surface area contributed by atoms with E-state index in [-0.39, 0.29) is 17.7 Å². The zero-order chi connectivity index (χ0) is 15.5. The van der Waals surface area contributed by atoms with Gasteiger partial charge in [-0.2, -0.15) is 5.10 Å². The van der Waals surface area contributed by atoms with Gasteiger partial charge < -0.3 is 10.6 Å². The second-order valence-corrected chi connectivity index (χ2v) is 5.92. The molecule has 0 spiro atoms. The number of anilines is 1. The van der Waals surface area contributed by atoms with Crippen molar-refractivity contribution in [2.24, 2.45) is 5.92 Å². The van der Waals surface area contributed by atoms with E-state index in [1.165, 1.54) is 0 Å². The van der Waals surface area contributed by atoms with Crippen LogP contribution in [0.4, 0.5) is 5.69 Å². The summed E-state index contributed by atoms with van der Waals surface area (Å²) in [5.74, 6) is 1.83. The number of para-hydroxylation sites is 1. The molecule has 3 N–H and O–H groups in total. The van der Waals surface area contributed by atoms with Crippen molar-refractivity contribution in [3.8, 4) is 11.4 Å². The lowest BCUT2D eigenvalue weighted by atomic mass is 10.1. The number of aromatic nitrogens is 3. The molecule has 22 heavy (non-hydrogen) atoms. The lowest BCUT2D eigenvalue weighted by Crippen LogP contribution is -2.24. The minimum absolute atomic E-state index is 0.0337. The summed E-state index contributed by atoms with van der Waals surface area (Å²) in [5, 5.41) is 13.5. The Morgan fingerprint density at radius 3 is 2.86 bits per heavy atom. The van der Waals surface area contributed by atoms with Crippen molar-refractivity contribution in [3.63, 3.8) is 0 Å². The van der Waals surface area contributed by atoms with Gasteiger partial charge in [0.25, 0.3) is 0 Å². The SMILES string of the molecule is CC(C)c1nc(-c2ccccc2NC(=O)C2CCNC2)n[nH]1. The fourth-order valence-corrected chi connectivity index (χ4v) is 2.55. The first kappa shape index (κ1) is 14.7. The van der Waals surface area contributed by atoms with Gasteiger partial charge in [-0.15, -0.1) is 0 Å². The van der Waals surface area contributed by atoms with Crippen LogP contribution >= 0.6 is 0 Å². The number of aromatic amines is 1. The monoisotopic (exact) mass is 299 g/mol. The number of rotatable bonds is 4. The number of carbonyl (C=O) groups is 1. The molecule has 1 aromatic carbocycles. The number of nitrogens with zero attached hydrogens (tertiary/aromatic N) is 2. The van der Waals surface area contributed by atoms with Gasteiger partial charge in [0.2, 0.25) is 5.91 Å². The van der Waals surface area contributed by atoms with Crippen LogP contribution in [0.15, 0.2) is 24.3 Å². The minimum Gasteiger partial charge on any atom is -0.325 e. The summed E-state index contributed by atoms with van der Waals surface area (Å²) in [4.78, 5) is 16.8. The summed E-state index contributed by atoms with van der Waals surface area (Å²) in [6, 6.07) is 7.65. The van der Waals surface area contributed by atoms with E-state index in [1.54, 1.807) is 0 Å². The quantitative estimate of drug-likeness (QED) is 0.808. The van der Waals surface area contributed by atoms with Gasteiger partial charge in [-0.25, -0.2) is 4.98 Å². The summed E-state index contributed by atoms with van der Waals surface area (Å²) in [6.45, 7) is 5.76. The van der Waals surface area contributed by atoms with Crippen LogP contribution in [0.1, 0.15) is 32.0 Å². The van der Waals surface area contributed by atoms with Crippen molar-refractivity contribution in [2.45, 2.75) is 26.2 Å². The van der Waals surface area contributed by atoms with E-state index in [9.17, 15) is 4.79 Å². The van der Waals surface area contributed by atoms with E-state index in [2.05, 4.69) is 39.7 Å². The number of benzene rings is 1. The van der Waals surface area contributed by atoms with Crippen molar-refractivity contribution in [3.05, 3.63) is 30.1 Å². The summed E-state index contributed by atoms with van der Waals surface area (Å²) in [7, 11) is 0. The van der Waals surface area contributed by atoms with Gasteiger partial charge in [-0.05, 0) is 25.1 Å². The first-order valence-electron chi connectivity index (χ1n) is 7.68. The maximum atomic E-state index is 12.3. The molecule has 1 aliphatic rings. The molecule has 3 rings (SSSR count). The van der Waals surface area contributed by atoms with Gasteiger partial charge in [0.15, 0.2) is 5.82 Å². The second kappa shape index (κ2) is 6.27. The molecule has 1 unspecified atom stereocenters. The Morgan fingerprint density at radius 2 is 2.18 bits per heavy atom. The van der Waals surface area contributed by atoms with Gasteiger partial charge in [-0.3, -0.25) is 9.89 Å². The first-order chi connectivity index (χ1) is 10.6. The molecule has 1 fully saturated rings. The third-order valence-corrected chi connectivity index (χ3v) is 3.91. The maximum Gasteiger partial charge on any atom is 0.228 e. The van der Waals surface area contributed by atoms with Crippen LogP contribution in [-0.4, -0.2) is 34.2 Å². The molecule has 1 aliphatic heterocycles. The molecule has 1 saturated heterocycles. The van der Waals surface area contributed by atoms with Crippen molar-refractivity contribution < 1.29 is 4.79 Å². The molecule has 0 bridgehead atoms. The molecule has 116 valence electrons. The normalized spacial score (nSPS) is 17.9. The molecule has 0 radical (unpaired) electrons. The number of carbonyl (C=O) groups excluding carboxylic acids is 1. The van der Waals surface area contributed by atoms with Gasteiger partial charge >= 0.3 is 0 Å². The van der Waals surface area contributed by atoms with Crippen LogP contribution in [0.2, 0.25) is 0 Å². The van der Waals surface area contributed by atoms with Gasteiger partial charge in [-0.1, -0.05) is 26.0 Å². The number of hydrogen-bond donors (Lipinski definition) is 3. The van der Waals surface area contributed by atoms with Crippen LogP contribution in [0, 0.1) is 5.92 Å². The molecule has 0 aliphatic carbocycles. The molecular weight excluding hydrogens is 278 g/mol. The molecule has 2 aromatic rings. The summed E-state index contributed by atoms with van der Waals surface area (Å²) >= 11 is 0. The highest BCUT2D eigenvalue weighted by molar-refractivity contribution is 5.96. The van der Waals surface area contributed by atoms with E-state index in [0.29, 0.717) is 5.82 Å². The largest absolute Gasteiger partial charge is 0.325 e. The van der Waals surface area contributed by atoms with E-state index in [1.807, 2.05) is 24.3 Å². The predicted octanol–water partition coefficient (Wildman–Crippen LogP) is 2.14. The van der Waals surface area contributed by atoms with Crippen LogP contribution in [0.3, 0.4) is 0 Å². The zero-order valence-electron chi connectivity index (χ0n) is 12.9. The number of nitrogens with one attached hydrogen (secondary N) is 3. The van der Waals surface area contributed by atoms with Crippen LogP contribution in [-0.2, 0) is 4.79 Å². The van der Waals surface area contributed by atoms with Crippen LogP contribution in [0.25, 0.3) is 11.4 Å². The average molecular weight is 299 g/mol. The molecule has 1 amide bonds. The number of amides is 1. The minimum atomic E-state index is 0.0337. The van der Waals surface area contributed by atoms with Crippen LogP contribution in [0.5, 0.6) is 0 Å². The lowest BCUT2D eigenvalue weighted by Gasteiger charge is -2.12. The third-order valence-electron chi connectivity index (χ3n) is 3.91. The fourth-order valence-electron chi connectivity index (χ4n) is 2.55. The smallest absolute Gasteiger partial charge is 0.228 e. The Kier molecular flexibility index (Phi) is 4.20. The van der Waals surface area contributed by atoms with Gasteiger partial charge in [0.05, 0.1) is 11.6 Å². The Hall–Kier alpha value is -2.21. The Bertz CT molecular complexity index is 658. The van der Waals surface area contributed by atoms with E-state index in [0.717, 1.165) is 36.6 Å². The van der Waals surface area contributed by atoms with Crippen LogP contribution < -0.4 is 10.6 Å². The Morgan fingerprint density at radius 1 is 1.36 bits per heavy atom. The zero-order valence-corrected chi connectivity index (χ0v) is 12.9. The van der Waals surface area contributed by atoms with E-state index >= 15 is 0 Å². The Labute approximate surface area is 129 Å². The molecule has 1 atom stereocenters. The van der Waals surface area contributed by atoms with E-state index in [4.69, 9.17) is 0 Å².